The Kier molecular flexibility index (Phi) is 6.87. The molecule has 0 unspecified atom stereocenters. The molecule has 1 amide bonds. The summed E-state index contributed by atoms with van der Waals surface area (Å²) < 4.78 is 5.17. The van der Waals surface area contributed by atoms with Crippen molar-refractivity contribution in [3.8, 4) is 5.75 Å². The van der Waals surface area contributed by atoms with Gasteiger partial charge in [0.15, 0.2) is 0 Å². The van der Waals surface area contributed by atoms with E-state index in [1.807, 2.05) is 48.5 Å². The number of methoxy groups -OCH3 is 1. The summed E-state index contributed by atoms with van der Waals surface area (Å²) in [5, 5.41) is 6.81. The molecule has 0 spiro atoms. The average molecular weight is 396 g/mol. The van der Waals surface area contributed by atoms with Gasteiger partial charge in [-0.2, -0.15) is 0 Å². The topological polar surface area (TPSA) is 63.2 Å². The van der Waals surface area contributed by atoms with Crippen LogP contribution in [0, 0.1) is 0 Å². The van der Waals surface area contributed by atoms with Crippen molar-refractivity contribution < 1.29 is 9.53 Å². The molecule has 0 bridgehead atoms. The highest BCUT2D eigenvalue weighted by atomic mass is 35.5. The summed E-state index contributed by atoms with van der Waals surface area (Å²) in [5.74, 6) is 0.608. The maximum absolute atomic E-state index is 12.4. The molecule has 0 saturated carbocycles. The maximum Gasteiger partial charge on any atom is 0.270 e. The van der Waals surface area contributed by atoms with E-state index < -0.39 is 0 Å². The fourth-order valence-corrected chi connectivity index (χ4v) is 2.92. The summed E-state index contributed by atoms with van der Waals surface area (Å²) in [4.78, 5) is 16.5. The van der Waals surface area contributed by atoms with Crippen LogP contribution in [0.15, 0.2) is 66.9 Å². The van der Waals surface area contributed by atoms with Gasteiger partial charge < -0.3 is 15.4 Å². The highest BCUT2D eigenvalue weighted by Crippen LogP contribution is 2.15. The molecule has 0 fully saturated rings. The van der Waals surface area contributed by atoms with Gasteiger partial charge in [-0.3, -0.25) is 9.78 Å². The molecule has 3 rings (SSSR count). The zero-order chi connectivity index (χ0) is 19.8. The minimum atomic E-state index is -0.237. The third-order valence-electron chi connectivity index (χ3n) is 4.29. The number of hydrogen-bond donors (Lipinski definition) is 2. The second-order valence-corrected chi connectivity index (χ2v) is 6.64. The second-order valence-electron chi connectivity index (χ2n) is 6.23. The summed E-state index contributed by atoms with van der Waals surface area (Å²) >= 11 is 6.12. The van der Waals surface area contributed by atoms with Gasteiger partial charge in [0.2, 0.25) is 0 Å². The lowest BCUT2D eigenvalue weighted by Crippen LogP contribution is -2.24. The first kappa shape index (κ1) is 19.7. The van der Waals surface area contributed by atoms with E-state index in [0.29, 0.717) is 17.3 Å². The van der Waals surface area contributed by atoms with Gasteiger partial charge in [0.05, 0.1) is 7.11 Å². The number of nitrogens with one attached hydrogen (secondary N) is 2. The minimum Gasteiger partial charge on any atom is -0.497 e. The van der Waals surface area contributed by atoms with E-state index in [2.05, 4.69) is 15.6 Å². The van der Waals surface area contributed by atoms with Gasteiger partial charge in [-0.05, 0) is 47.9 Å². The second kappa shape index (κ2) is 9.76. The van der Waals surface area contributed by atoms with Gasteiger partial charge in [-0.25, -0.2) is 0 Å². The van der Waals surface area contributed by atoms with Gasteiger partial charge in [-0.1, -0.05) is 41.9 Å². The fraction of sp³-hybridized carbons (Fsp3) is 0.182. The van der Waals surface area contributed by atoms with Crippen molar-refractivity contribution in [3.05, 3.63) is 88.7 Å². The van der Waals surface area contributed by atoms with Gasteiger partial charge >= 0.3 is 0 Å². The first-order valence-electron chi connectivity index (χ1n) is 9.00. The molecule has 1 heterocycles. The average Bonchev–Trinajstić information content (AvgIpc) is 2.74. The Balaban J connectivity index is 1.52. The van der Waals surface area contributed by atoms with Crippen LogP contribution in [0.25, 0.3) is 0 Å². The SMILES string of the molecule is COc1ccc(CCNc2ccnc(C(=O)NCc3ccccc3Cl)c2)cc1. The summed E-state index contributed by atoms with van der Waals surface area (Å²) in [7, 11) is 1.65. The number of amides is 1. The smallest absolute Gasteiger partial charge is 0.270 e. The third-order valence-corrected chi connectivity index (χ3v) is 4.66. The van der Waals surface area contributed by atoms with Crippen molar-refractivity contribution in [2.75, 3.05) is 19.0 Å². The van der Waals surface area contributed by atoms with Crippen molar-refractivity contribution in [3.63, 3.8) is 0 Å². The molecule has 3 aromatic rings. The highest BCUT2D eigenvalue weighted by Gasteiger charge is 2.09. The zero-order valence-electron chi connectivity index (χ0n) is 15.6. The first-order chi connectivity index (χ1) is 13.7. The van der Waals surface area contributed by atoms with Gasteiger partial charge in [0.1, 0.15) is 11.4 Å². The highest BCUT2D eigenvalue weighted by molar-refractivity contribution is 6.31. The number of anilines is 1. The molecule has 28 heavy (non-hydrogen) atoms. The van der Waals surface area contributed by atoms with Crippen LogP contribution in [0.2, 0.25) is 5.02 Å². The Bertz CT molecular complexity index is 929. The van der Waals surface area contributed by atoms with Crippen LogP contribution in [0.3, 0.4) is 0 Å². The van der Waals surface area contributed by atoms with E-state index in [0.717, 1.165) is 30.0 Å². The molecular weight excluding hydrogens is 374 g/mol. The zero-order valence-corrected chi connectivity index (χ0v) is 16.4. The predicted octanol–water partition coefficient (Wildman–Crippen LogP) is 4.33. The van der Waals surface area contributed by atoms with E-state index >= 15 is 0 Å². The summed E-state index contributed by atoms with van der Waals surface area (Å²) in [6, 6.07) is 19.0. The van der Waals surface area contributed by atoms with Crippen LogP contribution in [-0.2, 0) is 13.0 Å². The Morgan fingerprint density at radius 1 is 1.11 bits per heavy atom. The summed E-state index contributed by atoms with van der Waals surface area (Å²) in [6.45, 7) is 1.10. The lowest BCUT2D eigenvalue weighted by molar-refractivity contribution is 0.0946. The maximum atomic E-state index is 12.4. The van der Waals surface area contributed by atoms with E-state index in [4.69, 9.17) is 16.3 Å². The molecule has 5 nitrogen and oxygen atoms in total. The largest absolute Gasteiger partial charge is 0.497 e. The molecule has 2 aromatic carbocycles. The molecule has 0 aliphatic heterocycles. The van der Waals surface area contributed by atoms with Crippen LogP contribution in [0.4, 0.5) is 5.69 Å². The number of aromatic nitrogens is 1. The molecule has 144 valence electrons. The number of nitrogens with zero attached hydrogens (tertiary/aromatic N) is 1. The van der Waals surface area contributed by atoms with Gasteiger partial charge in [0, 0.05) is 30.0 Å². The number of carbonyl (C=O) groups excluding carboxylic acids is 1. The summed E-state index contributed by atoms with van der Waals surface area (Å²) in [6.07, 6.45) is 2.49. The normalized spacial score (nSPS) is 10.4. The molecule has 1 aromatic heterocycles. The van der Waals surface area contributed by atoms with E-state index in [1.54, 1.807) is 25.4 Å². The number of carbonyl (C=O) groups is 1. The molecule has 0 radical (unpaired) electrons. The number of ether oxygens (including phenoxy) is 1. The summed E-state index contributed by atoms with van der Waals surface area (Å²) in [5.41, 5.74) is 3.29. The lowest BCUT2D eigenvalue weighted by Gasteiger charge is -2.09. The van der Waals surface area contributed by atoms with E-state index in [-0.39, 0.29) is 5.91 Å². The fourth-order valence-electron chi connectivity index (χ4n) is 2.72. The third kappa shape index (κ3) is 5.47. The van der Waals surface area contributed by atoms with Crippen LogP contribution in [-0.4, -0.2) is 24.5 Å². The lowest BCUT2D eigenvalue weighted by atomic mass is 10.1. The number of pyridine rings is 1. The molecule has 6 heteroatoms. The monoisotopic (exact) mass is 395 g/mol. The van der Waals surface area contributed by atoms with Crippen LogP contribution >= 0.6 is 11.6 Å². The van der Waals surface area contributed by atoms with Crippen LogP contribution < -0.4 is 15.4 Å². The van der Waals surface area contributed by atoms with Crippen molar-refractivity contribution in [2.24, 2.45) is 0 Å². The number of hydrogen-bond acceptors (Lipinski definition) is 4. The van der Waals surface area contributed by atoms with Crippen LogP contribution in [0.5, 0.6) is 5.75 Å². The first-order valence-corrected chi connectivity index (χ1v) is 9.38. The van der Waals surface area contributed by atoms with Crippen molar-refractivity contribution in [1.29, 1.82) is 0 Å². The predicted molar refractivity (Wildman–Crippen MR) is 112 cm³/mol. The Hall–Kier alpha value is -3.05. The quantitative estimate of drug-likeness (QED) is 0.596. The molecule has 0 atom stereocenters. The molecular formula is C22H22ClN3O2. The van der Waals surface area contributed by atoms with E-state index in [1.165, 1.54) is 5.56 Å². The number of halogens is 1. The number of benzene rings is 2. The molecule has 0 aliphatic rings. The van der Waals surface area contributed by atoms with Gasteiger partial charge in [-0.15, -0.1) is 0 Å². The molecule has 0 saturated heterocycles. The van der Waals surface area contributed by atoms with Crippen molar-refractivity contribution in [1.82, 2.24) is 10.3 Å². The van der Waals surface area contributed by atoms with Crippen LogP contribution in [0.1, 0.15) is 21.6 Å². The Labute approximate surface area is 169 Å². The molecule has 2 N–H and O–H groups in total. The standard InChI is InChI=1S/C22H22ClN3O2/c1-28-19-8-6-16(7-9-19)10-12-24-18-11-13-25-21(14-18)22(27)26-15-17-4-2-3-5-20(17)23/h2-9,11,13-14H,10,12,15H2,1H3,(H,24,25)(H,26,27). The Morgan fingerprint density at radius 3 is 2.64 bits per heavy atom. The minimum absolute atomic E-state index is 0.237. The van der Waals surface area contributed by atoms with E-state index in [9.17, 15) is 4.79 Å². The van der Waals surface area contributed by atoms with Crippen molar-refractivity contribution in [2.45, 2.75) is 13.0 Å². The van der Waals surface area contributed by atoms with Gasteiger partial charge in [0.25, 0.3) is 5.91 Å². The number of rotatable bonds is 8. The molecule has 0 aliphatic carbocycles. The Morgan fingerprint density at radius 2 is 1.89 bits per heavy atom. The van der Waals surface area contributed by atoms with Crippen molar-refractivity contribution >= 4 is 23.2 Å².